The first kappa shape index (κ1) is 6.52. The lowest BCUT2D eigenvalue weighted by Crippen LogP contribution is -1.89. The Labute approximate surface area is 45.4 Å². The molecule has 0 saturated heterocycles. The minimum absolute atomic E-state index is 0.0135. The van der Waals surface area contributed by atoms with Crippen molar-refractivity contribution in [1.29, 1.82) is 0 Å². The molecule has 40 valence electrons. The summed E-state index contributed by atoms with van der Waals surface area (Å²) in [7, 11) is 0. The molecule has 0 spiro atoms. The van der Waals surface area contributed by atoms with Gasteiger partial charge in [0.05, 0.1) is 0 Å². The third-order valence-corrected chi connectivity index (χ3v) is 0.525. The second kappa shape index (κ2) is 3.70. The van der Waals surface area contributed by atoms with Crippen molar-refractivity contribution >= 4 is 18.3 Å². The molecule has 0 atom stereocenters. The van der Waals surface area contributed by atoms with Gasteiger partial charge in [-0.3, -0.25) is 4.55 Å². The van der Waals surface area contributed by atoms with E-state index in [4.69, 9.17) is 4.55 Å². The largest absolute Gasteiger partial charge is 0.360 e. The Morgan fingerprint density at radius 1 is 2.00 bits per heavy atom. The van der Waals surface area contributed by atoms with Crippen LogP contribution in [0.1, 0.15) is 0 Å². The van der Waals surface area contributed by atoms with Crippen molar-refractivity contribution in [2.45, 2.75) is 0 Å². The first-order valence-corrected chi connectivity index (χ1v) is 2.15. The van der Waals surface area contributed by atoms with Gasteiger partial charge in [-0.1, -0.05) is 6.58 Å². The molecule has 0 aromatic carbocycles. The molecular weight excluding hydrogens is 116 g/mol. The smallest absolute Gasteiger partial charge is 0.344 e. The first-order valence-electron chi connectivity index (χ1n) is 1.45. The molecule has 7 heavy (non-hydrogen) atoms. The van der Waals surface area contributed by atoms with Crippen molar-refractivity contribution in [3.05, 3.63) is 12.7 Å². The third-order valence-electron chi connectivity index (χ3n) is 0.286. The van der Waals surface area contributed by atoms with E-state index in [1.807, 2.05) is 0 Å². The van der Waals surface area contributed by atoms with Gasteiger partial charge in [-0.25, -0.2) is 4.79 Å². The molecular formula is C3H4O3S. The van der Waals surface area contributed by atoms with Crippen LogP contribution in [-0.4, -0.2) is 10.5 Å². The molecule has 0 amide bonds. The highest BCUT2D eigenvalue weighted by Crippen LogP contribution is 1.93. The van der Waals surface area contributed by atoms with Gasteiger partial charge in [-0.2, -0.15) is 0 Å². The molecule has 0 aliphatic heterocycles. The monoisotopic (exact) mass is 120 g/mol. The van der Waals surface area contributed by atoms with Crippen LogP contribution in [0.5, 0.6) is 0 Å². The number of carbonyl (C=O) groups excluding carboxylic acids is 1. The van der Waals surface area contributed by atoms with Crippen LogP contribution in [-0.2, 0) is 8.98 Å². The highest BCUT2D eigenvalue weighted by Gasteiger charge is 1.90. The van der Waals surface area contributed by atoms with Crippen LogP contribution < -0.4 is 0 Å². The summed E-state index contributed by atoms with van der Waals surface area (Å²) in [6.45, 7) is 3.08. The van der Waals surface area contributed by atoms with Gasteiger partial charge in [0, 0.05) is 6.08 Å². The van der Waals surface area contributed by atoms with E-state index in [9.17, 15) is 4.79 Å². The normalized spacial score (nSPS) is 7.57. The van der Waals surface area contributed by atoms with Crippen LogP contribution in [0, 0.1) is 0 Å². The minimum Gasteiger partial charge on any atom is -0.360 e. The lowest BCUT2D eigenvalue weighted by Gasteiger charge is -1.85. The number of hydrogen-bond donors (Lipinski definition) is 1. The Morgan fingerprint density at radius 3 is 2.71 bits per heavy atom. The molecule has 0 radical (unpaired) electrons. The van der Waals surface area contributed by atoms with Crippen LogP contribution >= 0.6 is 12.3 Å². The quantitative estimate of drug-likeness (QED) is 0.433. The van der Waals surface area contributed by atoms with Gasteiger partial charge in [-0.15, -0.1) is 0 Å². The summed E-state index contributed by atoms with van der Waals surface area (Å²) < 4.78 is 11.7. The molecule has 0 fully saturated rings. The van der Waals surface area contributed by atoms with E-state index < -0.39 is 5.97 Å². The fraction of sp³-hybridized carbons (Fsp3) is 0. The van der Waals surface area contributed by atoms with E-state index >= 15 is 0 Å². The molecule has 0 saturated carbocycles. The Bertz CT molecular complexity index is 80.2. The number of rotatable bonds is 2. The SMILES string of the molecule is C=CC(=O)OSO. The van der Waals surface area contributed by atoms with Crippen LogP contribution in [0.15, 0.2) is 12.7 Å². The fourth-order valence-corrected chi connectivity index (χ4v) is 0.212. The van der Waals surface area contributed by atoms with Crippen LogP contribution in [0.3, 0.4) is 0 Å². The van der Waals surface area contributed by atoms with Crippen LogP contribution in [0.2, 0.25) is 0 Å². The predicted octanol–water partition coefficient (Wildman–Crippen LogP) is 0.837. The number of hydrogen-bond acceptors (Lipinski definition) is 4. The Balaban J connectivity index is 3.17. The summed E-state index contributed by atoms with van der Waals surface area (Å²) in [6, 6.07) is 0. The van der Waals surface area contributed by atoms with E-state index in [1.165, 1.54) is 0 Å². The summed E-state index contributed by atoms with van der Waals surface area (Å²) in [5.74, 6) is -0.646. The van der Waals surface area contributed by atoms with E-state index in [2.05, 4.69) is 10.8 Å². The maximum Gasteiger partial charge on any atom is 0.344 e. The zero-order valence-corrected chi connectivity index (χ0v) is 4.27. The second-order valence-corrected chi connectivity index (χ2v) is 0.997. The first-order chi connectivity index (χ1) is 3.31. The van der Waals surface area contributed by atoms with Crippen molar-refractivity contribution in [3.63, 3.8) is 0 Å². The average molecular weight is 120 g/mol. The van der Waals surface area contributed by atoms with Crippen molar-refractivity contribution < 1.29 is 13.5 Å². The van der Waals surface area contributed by atoms with Crippen molar-refractivity contribution in [1.82, 2.24) is 0 Å². The van der Waals surface area contributed by atoms with Crippen LogP contribution in [0.4, 0.5) is 0 Å². The van der Waals surface area contributed by atoms with Crippen molar-refractivity contribution in [2.75, 3.05) is 0 Å². The molecule has 0 aliphatic carbocycles. The minimum atomic E-state index is -0.646. The summed E-state index contributed by atoms with van der Waals surface area (Å²) in [5, 5.41) is 0. The van der Waals surface area contributed by atoms with Gasteiger partial charge in [0.1, 0.15) is 0 Å². The third kappa shape index (κ3) is 3.35. The second-order valence-electron chi connectivity index (χ2n) is 0.681. The summed E-state index contributed by atoms with van der Waals surface area (Å²) >= 11 is 0.0135. The summed E-state index contributed by atoms with van der Waals surface area (Å²) in [4.78, 5) is 9.89. The standard InChI is InChI=1S/C3H4O3S/c1-2-3(4)6-7-5/h2,5H,1H2. The Kier molecular flexibility index (Phi) is 3.45. The molecule has 3 nitrogen and oxygen atoms in total. The van der Waals surface area contributed by atoms with Crippen LogP contribution in [0.25, 0.3) is 0 Å². The maximum atomic E-state index is 9.89. The molecule has 4 heteroatoms. The predicted molar refractivity (Wildman–Crippen MR) is 26.5 cm³/mol. The molecule has 0 rings (SSSR count). The zero-order valence-electron chi connectivity index (χ0n) is 3.46. The summed E-state index contributed by atoms with van der Waals surface area (Å²) in [5.41, 5.74) is 0. The van der Waals surface area contributed by atoms with Gasteiger partial charge in [0.2, 0.25) is 12.3 Å². The molecule has 0 aromatic rings. The Morgan fingerprint density at radius 2 is 2.57 bits per heavy atom. The molecule has 0 aromatic heterocycles. The molecule has 0 bridgehead atoms. The molecule has 0 aliphatic rings. The molecule has 0 heterocycles. The van der Waals surface area contributed by atoms with Crippen molar-refractivity contribution in [3.8, 4) is 0 Å². The Hall–Kier alpha value is -0.480. The van der Waals surface area contributed by atoms with E-state index in [0.29, 0.717) is 0 Å². The maximum absolute atomic E-state index is 9.89. The topological polar surface area (TPSA) is 46.5 Å². The lowest BCUT2D eigenvalue weighted by molar-refractivity contribution is -0.127. The molecule has 0 unspecified atom stereocenters. The zero-order chi connectivity index (χ0) is 5.70. The highest BCUT2D eigenvalue weighted by molar-refractivity contribution is 7.89. The van der Waals surface area contributed by atoms with Gasteiger partial charge in [0.15, 0.2) is 0 Å². The van der Waals surface area contributed by atoms with E-state index in [0.717, 1.165) is 6.08 Å². The van der Waals surface area contributed by atoms with E-state index in [-0.39, 0.29) is 12.3 Å². The lowest BCUT2D eigenvalue weighted by atomic mass is 10.7. The van der Waals surface area contributed by atoms with Gasteiger partial charge < -0.3 is 4.18 Å². The highest BCUT2D eigenvalue weighted by atomic mass is 32.2. The van der Waals surface area contributed by atoms with Gasteiger partial charge in [-0.05, 0) is 0 Å². The van der Waals surface area contributed by atoms with Crippen molar-refractivity contribution in [2.24, 2.45) is 0 Å². The van der Waals surface area contributed by atoms with Gasteiger partial charge >= 0.3 is 5.97 Å². The van der Waals surface area contributed by atoms with E-state index in [1.54, 1.807) is 0 Å². The average Bonchev–Trinajstić information content (AvgIpc) is 1.68. The molecule has 1 N–H and O–H groups in total. The fourth-order valence-electron chi connectivity index (χ4n) is 0.0708. The number of carbonyl (C=O) groups is 1. The summed E-state index contributed by atoms with van der Waals surface area (Å²) in [6.07, 6.45) is 0.962. The van der Waals surface area contributed by atoms with Gasteiger partial charge in [0.25, 0.3) is 0 Å².